The van der Waals surface area contributed by atoms with E-state index in [2.05, 4.69) is 10.6 Å². The molecule has 6 nitrogen and oxygen atoms in total. The number of carbonyl (C=O) groups is 3. The number of anilines is 1. The third kappa shape index (κ3) is 4.34. The number of benzene rings is 1. The van der Waals surface area contributed by atoms with Gasteiger partial charge in [-0.3, -0.25) is 9.59 Å². The van der Waals surface area contributed by atoms with Crippen LogP contribution < -0.4 is 10.6 Å². The highest BCUT2D eigenvalue weighted by Crippen LogP contribution is 2.24. The number of esters is 1. The summed E-state index contributed by atoms with van der Waals surface area (Å²) >= 11 is 11.6. The molecule has 1 fully saturated rings. The minimum Gasteiger partial charge on any atom is -0.454 e. The number of ether oxygens (including phenoxy) is 1. The normalized spacial score (nSPS) is 17.2. The number of halogens is 2. The SMILES string of the molecule is O=C(COC(=O)[C@H]1CCC(=O)N1)Nc1ccc(Cl)c(Cl)c1. The second kappa shape index (κ2) is 6.78. The number of carbonyl (C=O) groups excluding carboxylic acids is 3. The fourth-order valence-electron chi connectivity index (χ4n) is 1.80. The molecule has 1 aromatic carbocycles. The van der Waals surface area contributed by atoms with Crippen LogP contribution in [-0.2, 0) is 19.1 Å². The van der Waals surface area contributed by atoms with E-state index in [0.29, 0.717) is 22.2 Å². The Balaban J connectivity index is 1.80. The molecule has 0 unspecified atom stereocenters. The van der Waals surface area contributed by atoms with Crippen LogP contribution in [0.25, 0.3) is 0 Å². The summed E-state index contributed by atoms with van der Waals surface area (Å²) in [6.45, 7) is -0.439. The van der Waals surface area contributed by atoms with Crippen molar-refractivity contribution < 1.29 is 19.1 Å². The molecule has 2 rings (SSSR count). The molecule has 1 aliphatic heterocycles. The lowest BCUT2D eigenvalue weighted by Crippen LogP contribution is -2.36. The standard InChI is InChI=1S/C13H12Cl2N2O4/c14-8-2-1-7(5-9(8)15)16-12(19)6-21-13(20)10-3-4-11(18)17-10/h1-2,5,10H,3-4,6H2,(H,16,19)(H,17,18)/t10-/m1/s1. The second-order valence-corrected chi connectivity index (χ2v) is 5.26. The van der Waals surface area contributed by atoms with Crippen LogP contribution in [-0.4, -0.2) is 30.4 Å². The molecule has 1 saturated heterocycles. The van der Waals surface area contributed by atoms with Gasteiger partial charge in [0.25, 0.3) is 5.91 Å². The maximum Gasteiger partial charge on any atom is 0.329 e. The number of hydrogen-bond donors (Lipinski definition) is 2. The van der Waals surface area contributed by atoms with E-state index in [0.717, 1.165) is 0 Å². The Kier molecular flexibility index (Phi) is 5.03. The summed E-state index contributed by atoms with van der Waals surface area (Å²) in [4.78, 5) is 34.2. The summed E-state index contributed by atoms with van der Waals surface area (Å²) in [5.41, 5.74) is 0.444. The van der Waals surface area contributed by atoms with Crippen LogP contribution in [0.1, 0.15) is 12.8 Å². The van der Waals surface area contributed by atoms with Gasteiger partial charge in [-0.15, -0.1) is 0 Å². The van der Waals surface area contributed by atoms with Crippen molar-refractivity contribution in [3.05, 3.63) is 28.2 Å². The minimum atomic E-state index is -0.671. The van der Waals surface area contributed by atoms with E-state index in [1.807, 2.05) is 0 Å². The number of amides is 2. The van der Waals surface area contributed by atoms with Crippen molar-refractivity contribution in [3.63, 3.8) is 0 Å². The lowest BCUT2D eigenvalue weighted by molar-refractivity contribution is -0.149. The molecule has 0 radical (unpaired) electrons. The van der Waals surface area contributed by atoms with Gasteiger partial charge in [0, 0.05) is 12.1 Å². The molecule has 2 N–H and O–H groups in total. The summed E-state index contributed by atoms with van der Waals surface area (Å²) in [6.07, 6.45) is 0.668. The summed E-state index contributed by atoms with van der Waals surface area (Å²) in [5, 5.41) is 5.66. The average Bonchev–Trinajstić information content (AvgIpc) is 2.87. The Morgan fingerprint density at radius 1 is 1.33 bits per heavy atom. The first-order chi connectivity index (χ1) is 9.95. The molecule has 0 spiro atoms. The van der Waals surface area contributed by atoms with Gasteiger partial charge in [0.05, 0.1) is 10.0 Å². The highest BCUT2D eigenvalue weighted by atomic mass is 35.5. The quantitative estimate of drug-likeness (QED) is 0.824. The van der Waals surface area contributed by atoms with E-state index < -0.39 is 24.5 Å². The number of nitrogens with one attached hydrogen (secondary N) is 2. The lowest BCUT2D eigenvalue weighted by atomic mass is 10.2. The molecule has 0 bridgehead atoms. The van der Waals surface area contributed by atoms with Gasteiger partial charge in [-0.1, -0.05) is 23.2 Å². The second-order valence-electron chi connectivity index (χ2n) is 4.44. The lowest BCUT2D eigenvalue weighted by Gasteiger charge is -2.10. The molecule has 1 aliphatic rings. The van der Waals surface area contributed by atoms with Crippen molar-refractivity contribution in [1.82, 2.24) is 5.32 Å². The zero-order valence-electron chi connectivity index (χ0n) is 10.8. The molecule has 2 amide bonds. The van der Waals surface area contributed by atoms with Crippen LogP contribution in [0.2, 0.25) is 10.0 Å². The molecule has 8 heteroatoms. The van der Waals surface area contributed by atoms with Gasteiger partial charge in [0.15, 0.2) is 6.61 Å². The molecule has 0 saturated carbocycles. The van der Waals surface area contributed by atoms with Crippen molar-refractivity contribution >= 4 is 46.7 Å². The Bertz CT molecular complexity index is 592. The summed E-state index contributed by atoms with van der Waals surface area (Å²) in [6, 6.07) is 3.93. The zero-order valence-corrected chi connectivity index (χ0v) is 12.3. The van der Waals surface area contributed by atoms with Crippen LogP contribution in [0, 0.1) is 0 Å². The monoisotopic (exact) mass is 330 g/mol. The summed E-state index contributed by atoms with van der Waals surface area (Å²) < 4.78 is 4.84. The highest BCUT2D eigenvalue weighted by Gasteiger charge is 2.28. The predicted octanol–water partition coefficient (Wildman–Crippen LogP) is 1.75. The van der Waals surface area contributed by atoms with Crippen LogP contribution in [0.4, 0.5) is 5.69 Å². The van der Waals surface area contributed by atoms with Crippen molar-refractivity contribution in [2.24, 2.45) is 0 Å². The average molecular weight is 331 g/mol. The van der Waals surface area contributed by atoms with E-state index in [4.69, 9.17) is 27.9 Å². The van der Waals surface area contributed by atoms with Gasteiger partial charge in [-0.05, 0) is 24.6 Å². The first-order valence-electron chi connectivity index (χ1n) is 6.16. The first-order valence-corrected chi connectivity index (χ1v) is 6.92. The molecular weight excluding hydrogens is 319 g/mol. The van der Waals surface area contributed by atoms with Crippen molar-refractivity contribution in [3.8, 4) is 0 Å². The van der Waals surface area contributed by atoms with Gasteiger partial charge in [0.1, 0.15) is 6.04 Å². The number of rotatable bonds is 4. The Morgan fingerprint density at radius 3 is 2.71 bits per heavy atom. The zero-order chi connectivity index (χ0) is 15.4. The van der Waals surface area contributed by atoms with Crippen LogP contribution in [0.3, 0.4) is 0 Å². The molecule has 1 heterocycles. The Hall–Kier alpha value is -1.79. The maximum absolute atomic E-state index is 11.6. The Labute approximate surface area is 130 Å². The maximum atomic E-state index is 11.6. The van der Waals surface area contributed by atoms with Gasteiger partial charge in [-0.25, -0.2) is 4.79 Å². The van der Waals surface area contributed by atoms with Crippen LogP contribution in [0.15, 0.2) is 18.2 Å². The first kappa shape index (κ1) is 15.6. The summed E-state index contributed by atoms with van der Waals surface area (Å²) in [5.74, 6) is -1.33. The molecule has 0 aliphatic carbocycles. The van der Waals surface area contributed by atoms with E-state index in [1.165, 1.54) is 6.07 Å². The van der Waals surface area contributed by atoms with Crippen molar-refractivity contribution in [2.45, 2.75) is 18.9 Å². The Morgan fingerprint density at radius 2 is 2.10 bits per heavy atom. The predicted molar refractivity (Wildman–Crippen MR) is 77.2 cm³/mol. The molecular formula is C13H12Cl2N2O4. The van der Waals surface area contributed by atoms with Gasteiger partial charge in [0.2, 0.25) is 5.91 Å². The van der Waals surface area contributed by atoms with Crippen molar-refractivity contribution in [1.29, 1.82) is 0 Å². The fourth-order valence-corrected chi connectivity index (χ4v) is 2.10. The van der Waals surface area contributed by atoms with Crippen molar-refractivity contribution in [2.75, 3.05) is 11.9 Å². The molecule has 1 aromatic rings. The topological polar surface area (TPSA) is 84.5 Å². The number of hydrogen-bond acceptors (Lipinski definition) is 4. The van der Waals surface area contributed by atoms with E-state index >= 15 is 0 Å². The van der Waals surface area contributed by atoms with E-state index in [-0.39, 0.29) is 12.3 Å². The smallest absolute Gasteiger partial charge is 0.329 e. The largest absolute Gasteiger partial charge is 0.454 e. The van der Waals surface area contributed by atoms with E-state index in [1.54, 1.807) is 12.1 Å². The van der Waals surface area contributed by atoms with Gasteiger partial charge < -0.3 is 15.4 Å². The van der Waals surface area contributed by atoms with Crippen LogP contribution in [0.5, 0.6) is 0 Å². The van der Waals surface area contributed by atoms with Gasteiger partial charge >= 0.3 is 5.97 Å². The third-order valence-corrected chi connectivity index (χ3v) is 3.57. The summed E-state index contributed by atoms with van der Waals surface area (Å²) in [7, 11) is 0. The minimum absolute atomic E-state index is 0.197. The van der Waals surface area contributed by atoms with E-state index in [9.17, 15) is 14.4 Å². The highest BCUT2D eigenvalue weighted by molar-refractivity contribution is 6.42. The third-order valence-electron chi connectivity index (χ3n) is 2.83. The van der Waals surface area contributed by atoms with Gasteiger partial charge in [-0.2, -0.15) is 0 Å². The molecule has 1 atom stereocenters. The molecule has 21 heavy (non-hydrogen) atoms. The molecule has 112 valence electrons. The van der Waals surface area contributed by atoms with Crippen LogP contribution >= 0.6 is 23.2 Å². The fraction of sp³-hybridized carbons (Fsp3) is 0.308. The molecule has 0 aromatic heterocycles.